The van der Waals surface area contributed by atoms with Crippen molar-refractivity contribution in [2.75, 3.05) is 25.0 Å². The number of nitrogens with one attached hydrogen (secondary N) is 2. The molecule has 1 aromatic carbocycles. The van der Waals surface area contributed by atoms with Gasteiger partial charge in [-0.2, -0.15) is 0 Å². The van der Waals surface area contributed by atoms with Gasteiger partial charge < -0.3 is 20.1 Å². The highest BCUT2D eigenvalue weighted by Crippen LogP contribution is 2.38. The number of ether oxygens (including phenoxy) is 2. The molecule has 1 aromatic heterocycles. The van der Waals surface area contributed by atoms with E-state index < -0.39 is 0 Å². The van der Waals surface area contributed by atoms with Crippen LogP contribution in [0.4, 0.5) is 5.69 Å². The first kappa shape index (κ1) is 17.8. The number of fused-ring (bicyclic) bond motifs is 1. The Labute approximate surface area is 158 Å². The molecule has 0 aliphatic carbocycles. The lowest BCUT2D eigenvalue weighted by molar-refractivity contribution is 0.102. The average molecular weight is 371 g/mol. The van der Waals surface area contributed by atoms with Gasteiger partial charge in [-0.15, -0.1) is 5.10 Å². The van der Waals surface area contributed by atoms with Gasteiger partial charge in [0.05, 0.1) is 24.5 Å². The molecular formula is C19H25N5O3. The molecule has 0 spiro atoms. The predicted octanol–water partition coefficient (Wildman–Crippen LogP) is 2.18. The van der Waals surface area contributed by atoms with E-state index in [0.717, 1.165) is 43.7 Å². The summed E-state index contributed by atoms with van der Waals surface area (Å²) in [5, 5.41) is 14.4. The predicted molar refractivity (Wildman–Crippen MR) is 101 cm³/mol. The molecule has 27 heavy (non-hydrogen) atoms. The summed E-state index contributed by atoms with van der Waals surface area (Å²) in [6, 6.07) is 4.07. The molecule has 8 heteroatoms. The molecule has 3 heterocycles. The highest BCUT2D eigenvalue weighted by molar-refractivity contribution is 6.03. The third-order valence-electron chi connectivity index (χ3n) is 4.97. The summed E-state index contributed by atoms with van der Waals surface area (Å²) in [5.74, 6) is 1.13. The molecule has 2 aromatic rings. The summed E-state index contributed by atoms with van der Waals surface area (Å²) in [6.45, 7) is 6.37. The Hall–Kier alpha value is -2.61. The van der Waals surface area contributed by atoms with Crippen LogP contribution in [0, 0.1) is 0 Å². The molecular weight excluding hydrogens is 346 g/mol. The lowest BCUT2D eigenvalue weighted by Gasteiger charge is -2.22. The second-order valence-electron chi connectivity index (χ2n) is 7.04. The minimum Gasteiger partial charge on any atom is -0.492 e. The van der Waals surface area contributed by atoms with Gasteiger partial charge in [0.25, 0.3) is 5.91 Å². The number of aromatic nitrogens is 3. The molecule has 0 saturated carbocycles. The summed E-state index contributed by atoms with van der Waals surface area (Å²) >= 11 is 0. The van der Waals surface area contributed by atoms with Crippen LogP contribution in [0.2, 0.25) is 0 Å². The van der Waals surface area contributed by atoms with E-state index in [0.29, 0.717) is 23.7 Å². The van der Waals surface area contributed by atoms with Crippen molar-refractivity contribution in [3.63, 3.8) is 0 Å². The largest absolute Gasteiger partial charge is 0.492 e. The molecule has 144 valence electrons. The van der Waals surface area contributed by atoms with Crippen LogP contribution in [-0.4, -0.2) is 46.7 Å². The first-order valence-electron chi connectivity index (χ1n) is 9.54. The van der Waals surface area contributed by atoms with Crippen LogP contribution >= 0.6 is 0 Å². The smallest absolute Gasteiger partial charge is 0.277 e. The third-order valence-corrected chi connectivity index (χ3v) is 4.97. The molecule has 1 atom stereocenters. The van der Waals surface area contributed by atoms with E-state index in [4.69, 9.17) is 9.47 Å². The molecule has 1 unspecified atom stereocenters. The fraction of sp³-hybridized carbons (Fsp3) is 0.526. The molecule has 0 radical (unpaired) electrons. The van der Waals surface area contributed by atoms with Crippen LogP contribution in [0.25, 0.3) is 0 Å². The van der Waals surface area contributed by atoms with Gasteiger partial charge in [0, 0.05) is 18.1 Å². The molecule has 8 nitrogen and oxygen atoms in total. The standard InChI is InChI=1S/C19H25N5O3/c1-3-26-18-9-13-8-12(2)27-17(13)10-15(18)21-19(25)16-11-24(23-22-16)14-4-6-20-7-5-14/h9-12,14,20H,3-8H2,1-2H3,(H,21,25). The summed E-state index contributed by atoms with van der Waals surface area (Å²) in [4.78, 5) is 12.7. The van der Waals surface area contributed by atoms with E-state index in [9.17, 15) is 4.79 Å². The SMILES string of the molecule is CCOc1cc2c(cc1NC(=O)c1cn(C3CCNCC3)nn1)OC(C)C2. The third kappa shape index (κ3) is 3.75. The Bertz CT molecular complexity index is 829. The maximum absolute atomic E-state index is 12.7. The van der Waals surface area contributed by atoms with Crippen molar-refractivity contribution in [1.29, 1.82) is 0 Å². The lowest BCUT2D eigenvalue weighted by Crippen LogP contribution is -2.29. The van der Waals surface area contributed by atoms with Gasteiger partial charge in [-0.1, -0.05) is 5.21 Å². The van der Waals surface area contributed by atoms with Gasteiger partial charge in [0.1, 0.15) is 17.6 Å². The number of rotatable bonds is 5. The van der Waals surface area contributed by atoms with E-state index >= 15 is 0 Å². The minimum atomic E-state index is -0.304. The van der Waals surface area contributed by atoms with E-state index in [1.807, 2.05) is 26.0 Å². The molecule has 0 bridgehead atoms. The minimum absolute atomic E-state index is 0.130. The van der Waals surface area contributed by atoms with Crippen LogP contribution < -0.4 is 20.1 Å². The zero-order chi connectivity index (χ0) is 18.8. The van der Waals surface area contributed by atoms with Gasteiger partial charge in [0.2, 0.25) is 0 Å². The highest BCUT2D eigenvalue weighted by atomic mass is 16.5. The fourth-order valence-corrected chi connectivity index (χ4v) is 3.63. The molecule has 1 saturated heterocycles. The van der Waals surface area contributed by atoms with Crippen LogP contribution in [0.1, 0.15) is 48.8 Å². The van der Waals surface area contributed by atoms with Crippen LogP contribution in [-0.2, 0) is 6.42 Å². The molecule has 1 fully saturated rings. The van der Waals surface area contributed by atoms with Crippen molar-refractivity contribution >= 4 is 11.6 Å². The number of hydrogen-bond donors (Lipinski definition) is 2. The van der Waals surface area contributed by atoms with Crippen LogP contribution in [0.3, 0.4) is 0 Å². The summed E-state index contributed by atoms with van der Waals surface area (Å²) < 4.78 is 13.3. The average Bonchev–Trinajstić information content (AvgIpc) is 3.29. The van der Waals surface area contributed by atoms with Gasteiger partial charge in [-0.25, -0.2) is 4.68 Å². The Kier molecular flexibility index (Phi) is 4.98. The topological polar surface area (TPSA) is 90.3 Å². The lowest BCUT2D eigenvalue weighted by atomic mass is 10.1. The Morgan fingerprint density at radius 1 is 1.41 bits per heavy atom. The second-order valence-corrected chi connectivity index (χ2v) is 7.04. The van der Waals surface area contributed by atoms with Gasteiger partial charge in [0.15, 0.2) is 5.69 Å². The van der Waals surface area contributed by atoms with Crippen molar-refractivity contribution in [3.8, 4) is 11.5 Å². The van der Waals surface area contributed by atoms with Gasteiger partial charge in [-0.3, -0.25) is 4.79 Å². The second kappa shape index (κ2) is 7.56. The Balaban J connectivity index is 1.52. The van der Waals surface area contributed by atoms with Crippen molar-refractivity contribution in [2.45, 2.75) is 45.3 Å². The summed E-state index contributed by atoms with van der Waals surface area (Å²) in [5.41, 5.74) is 1.98. The number of nitrogens with zero attached hydrogens (tertiary/aromatic N) is 3. The molecule has 2 aliphatic rings. The van der Waals surface area contributed by atoms with Crippen molar-refractivity contribution in [3.05, 3.63) is 29.6 Å². The monoisotopic (exact) mass is 371 g/mol. The molecule has 4 rings (SSSR count). The normalized spacial score (nSPS) is 19.4. The molecule has 1 amide bonds. The first-order chi connectivity index (χ1) is 13.1. The number of benzene rings is 1. The van der Waals surface area contributed by atoms with Gasteiger partial charge in [-0.05, 0) is 45.8 Å². The van der Waals surface area contributed by atoms with E-state index in [1.54, 1.807) is 10.9 Å². The quantitative estimate of drug-likeness (QED) is 0.837. The number of hydrogen-bond acceptors (Lipinski definition) is 6. The zero-order valence-corrected chi connectivity index (χ0v) is 15.7. The number of carbonyl (C=O) groups is 1. The van der Waals surface area contributed by atoms with Crippen molar-refractivity contribution in [1.82, 2.24) is 20.3 Å². The van der Waals surface area contributed by atoms with E-state index in [2.05, 4.69) is 20.9 Å². The number of piperidine rings is 1. The summed E-state index contributed by atoms with van der Waals surface area (Å²) in [7, 11) is 0. The molecule has 2 aliphatic heterocycles. The number of anilines is 1. The Morgan fingerprint density at radius 2 is 2.22 bits per heavy atom. The molecule has 2 N–H and O–H groups in total. The van der Waals surface area contributed by atoms with E-state index in [-0.39, 0.29) is 18.1 Å². The highest BCUT2D eigenvalue weighted by Gasteiger charge is 2.24. The number of amides is 1. The van der Waals surface area contributed by atoms with Crippen molar-refractivity contribution < 1.29 is 14.3 Å². The fourth-order valence-electron chi connectivity index (χ4n) is 3.63. The van der Waals surface area contributed by atoms with Crippen LogP contribution in [0.5, 0.6) is 11.5 Å². The Morgan fingerprint density at radius 3 is 3.00 bits per heavy atom. The van der Waals surface area contributed by atoms with E-state index in [1.165, 1.54) is 0 Å². The summed E-state index contributed by atoms with van der Waals surface area (Å²) in [6.07, 6.45) is 4.66. The number of carbonyl (C=O) groups excluding carboxylic acids is 1. The first-order valence-corrected chi connectivity index (χ1v) is 9.54. The van der Waals surface area contributed by atoms with Crippen LogP contribution in [0.15, 0.2) is 18.3 Å². The maximum Gasteiger partial charge on any atom is 0.277 e. The zero-order valence-electron chi connectivity index (χ0n) is 15.7. The van der Waals surface area contributed by atoms with Gasteiger partial charge >= 0.3 is 0 Å². The maximum atomic E-state index is 12.7. The van der Waals surface area contributed by atoms with Crippen molar-refractivity contribution in [2.24, 2.45) is 0 Å².